The summed E-state index contributed by atoms with van der Waals surface area (Å²) in [5.74, 6) is 0. The highest BCUT2D eigenvalue weighted by Gasteiger charge is 2.40. The topological polar surface area (TPSA) is 26.3 Å². The molecule has 0 radical (unpaired) electrons. The quantitative estimate of drug-likeness (QED) is 0.542. The first-order valence-corrected chi connectivity index (χ1v) is 5.12. The van der Waals surface area contributed by atoms with Gasteiger partial charge in [0.25, 0.3) is 0 Å². The fourth-order valence-electron chi connectivity index (χ4n) is 1.56. The number of ether oxygens (including phenoxy) is 1. The summed E-state index contributed by atoms with van der Waals surface area (Å²) in [5.41, 5.74) is -0.122. The molecule has 12 heavy (non-hydrogen) atoms. The van der Waals surface area contributed by atoms with Crippen molar-refractivity contribution in [2.45, 2.75) is 43.0 Å². The van der Waals surface area contributed by atoms with Crippen LogP contribution in [-0.2, 0) is 9.53 Å². The second-order valence-corrected chi connectivity index (χ2v) is 5.31. The minimum atomic E-state index is -0.337. The summed E-state index contributed by atoms with van der Waals surface area (Å²) in [7, 11) is 0. The molecule has 0 aromatic heterocycles. The predicted molar refractivity (Wildman–Crippen MR) is 51.6 cm³/mol. The number of hydrogen-bond donors (Lipinski definition) is 0. The number of hydrogen-bond acceptors (Lipinski definition) is 2. The number of aldehydes is 1. The summed E-state index contributed by atoms with van der Waals surface area (Å²) >= 11 is 3.46. The number of rotatable bonds is 2. The van der Waals surface area contributed by atoms with Crippen molar-refractivity contribution in [3.05, 3.63) is 0 Å². The van der Waals surface area contributed by atoms with Crippen LogP contribution in [-0.4, -0.2) is 22.8 Å². The van der Waals surface area contributed by atoms with Crippen molar-refractivity contribution in [3.8, 4) is 0 Å². The summed E-state index contributed by atoms with van der Waals surface area (Å²) < 4.78 is 5.29. The lowest BCUT2D eigenvalue weighted by atomic mass is 9.86. The van der Waals surface area contributed by atoms with Gasteiger partial charge in [0.05, 0.1) is 9.93 Å². The molecule has 1 heterocycles. The molecular formula is C9H15BrO2. The summed E-state index contributed by atoms with van der Waals surface area (Å²) in [6, 6.07) is 0. The van der Waals surface area contributed by atoms with Crippen LogP contribution >= 0.6 is 15.9 Å². The Morgan fingerprint density at radius 1 is 1.67 bits per heavy atom. The minimum Gasteiger partial charge on any atom is -0.375 e. The van der Waals surface area contributed by atoms with E-state index in [2.05, 4.69) is 29.8 Å². The summed E-state index contributed by atoms with van der Waals surface area (Å²) in [6.07, 6.45) is 3.52. The Bertz CT molecular complexity index is 183. The molecule has 0 bridgehead atoms. The Kier molecular flexibility index (Phi) is 2.94. The van der Waals surface area contributed by atoms with Crippen molar-refractivity contribution >= 4 is 22.2 Å². The third kappa shape index (κ3) is 2.07. The second kappa shape index (κ2) is 3.46. The molecule has 2 unspecified atom stereocenters. The van der Waals surface area contributed by atoms with Crippen molar-refractivity contribution in [1.29, 1.82) is 0 Å². The zero-order valence-electron chi connectivity index (χ0n) is 7.60. The Morgan fingerprint density at radius 3 is 2.83 bits per heavy atom. The van der Waals surface area contributed by atoms with Gasteiger partial charge in [0.15, 0.2) is 0 Å². The zero-order valence-corrected chi connectivity index (χ0v) is 9.19. The van der Waals surface area contributed by atoms with Crippen LogP contribution in [0.1, 0.15) is 33.1 Å². The molecule has 1 aliphatic heterocycles. The standard InChI is InChI=1S/C9H15BrO2/c1-3-8(2)6-9(10,7-11)4-5-12-8/h7H,3-6H2,1-2H3. The lowest BCUT2D eigenvalue weighted by Gasteiger charge is -2.40. The van der Waals surface area contributed by atoms with E-state index in [0.29, 0.717) is 6.61 Å². The highest BCUT2D eigenvalue weighted by atomic mass is 79.9. The Morgan fingerprint density at radius 2 is 2.33 bits per heavy atom. The van der Waals surface area contributed by atoms with Gasteiger partial charge in [-0.3, -0.25) is 0 Å². The third-order valence-electron chi connectivity index (χ3n) is 2.60. The maximum atomic E-state index is 10.8. The van der Waals surface area contributed by atoms with Crippen LogP contribution in [0.15, 0.2) is 0 Å². The first-order chi connectivity index (χ1) is 5.54. The fraction of sp³-hybridized carbons (Fsp3) is 0.889. The van der Waals surface area contributed by atoms with Gasteiger partial charge in [-0.2, -0.15) is 0 Å². The number of carbonyl (C=O) groups is 1. The van der Waals surface area contributed by atoms with Gasteiger partial charge in [0, 0.05) is 6.61 Å². The summed E-state index contributed by atoms with van der Waals surface area (Å²) in [5, 5.41) is 0. The summed E-state index contributed by atoms with van der Waals surface area (Å²) in [6.45, 7) is 4.82. The third-order valence-corrected chi connectivity index (χ3v) is 3.46. The van der Waals surface area contributed by atoms with E-state index in [1.807, 2.05) is 0 Å². The first kappa shape index (κ1) is 10.2. The van der Waals surface area contributed by atoms with E-state index in [4.69, 9.17) is 4.74 Å². The molecular weight excluding hydrogens is 220 g/mol. The van der Waals surface area contributed by atoms with Crippen LogP contribution in [0.3, 0.4) is 0 Å². The molecule has 0 amide bonds. The van der Waals surface area contributed by atoms with Gasteiger partial charge in [-0.25, -0.2) is 0 Å². The molecule has 0 saturated carbocycles. The second-order valence-electron chi connectivity index (χ2n) is 3.73. The largest absolute Gasteiger partial charge is 0.375 e. The molecule has 1 rings (SSSR count). The van der Waals surface area contributed by atoms with E-state index in [1.54, 1.807) is 0 Å². The van der Waals surface area contributed by atoms with Crippen LogP contribution in [0.2, 0.25) is 0 Å². The molecule has 3 heteroatoms. The molecule has 0 aromatic rings. The SMILES string of the molecule is CCC1(C)CC(Br)(C=O)CCO1. The van der Waals surface area contributed by atoms with Crippen molar-refractivity contribution < 1.29 is 9.53 Å². The van der Waals surface area contributed by atoms with Crippen LogP contribution in [0.25, 0.3) is 0 Å². The molecule has 2 nitrogen and oxygen atoms in total. The minimum absolute atomic E-state index is 0.122. The molecule has 1 aliphatic rings. The summed E-state index contributed by atoms with van der Waals surface area (Å²) in [4.78, 5) is 10.8. The molecule has 0 aromatic carbocycles. The van der Waals surface area contributed by atoms with Gasteiger partial charge >= 0.3 is 0 Å². The molecule has 1 saturated heterocycles. The lowest BCUT2D eigenvalue weighted by Crippen LogP contribution is -2.44. The van der Waals surface area contributed by atoms with E-state index in [9.17, 15) is 4.79 Å². The van der Waals surface area contributed by atoms with Gasteiger partial charge in [0.1, 0.15) is 6.29 Å². The van der Waals surface area contributed by atoms with Gasteiger partial charge in [0.2, 0.25) is 0 Å². The van der Waals surface area contributed by atoms with Crippen LogP contribution < -0.4 is 0 Å². The fourth-order valence-corrected chi connectivity index (χ4v) is 2.31. The normalized spacial score (nSPS) is 42.6. The molecule has 2 atom stereocenters. The maximum absolute atomic E-state index is 10.8. The van der Waals surface area contributed by atoms with E-state index >= 15 is 0 Å². The molecule has 0 spiro atoms. The van der Waals surface area contributed by atoms with E-state index in [1.165, 1.54) is 0 Å². The molecule has 0 N–H and O–H groups in total. The van der Waals surface area contributed by atoms with Crippen LogP contribution in [0, 0.1) is 0 Å². The lowest BCUT2D eigenvalue weighted by molar-refractivity contribution is -0.119. The van der Waals surface area contributed by atoms with Crippen molar-refractivity contribution in [2.24, 2.45) is 0 Å². The van der Waals surface area contributed by atoms with Crippen LogP contribution in [0.5, 0.6) is 0 Å². The van der Waals surface area contributed by atoms with E-state index in [-0.39, 0.29) is 9.93 Å². The number of carbonyl (C=O) groups excluding carboxylic acids is 1. The molecule has 1 fully saturated rings. The highest BCUT2D eigenvalue weighted by molar-refractivity contribution is 9.10. The Hall–Kier alpha value is 0.110. The van der Waals surface area contributed by atoms with Crippen molar-refractivity contribution in [1.82, 2.24) is 0 Å². The van der Waals surface area contributed by atoms with Gasteiger partial charge in [-0.15, -0.1) is 0 Å². The number of alkyl halides is 1. The smallest absolute Gasteiger partial charge is 0.136 e. The molecule has 0 aliphatic carbocycles. The first-order valence-electron chi connectivity index (χ1n) is 4.33. The predicted octanol–water partition coefficient (Wildman–Crippen LogP) is 2.30. The van der Waals surface area contributed by atoms with Crippen molar-refractivity contribution in [2.75, 3.05) is 6.61 Å². The van der Waals surface area contributed by atoms with Crippen molar-refractivity contribution in [3.63, 3.8) is 0 Å². The van der Waals surface area contributed by atoms with Crippen LogP contribution in [0.4, 0.5) is 0 Å². The monoisotopic (exact) mass is 234 g/mol. The van der Waals surface area contributed by atoms with Gasteiger partial charge < -0.3 is 9.53 Å². The highest BCUT2D eigenvalue weighted by Crippen LogP contribution is 2.38. The zero-order chi connectivity index (χ0) is 9.24. The Labute approximate surface area is 81.8 Å². The van der Waals surface area contributed by atoms with Gasteiger partial charge in [-0.05, 0) is 26.2 Å². The number of halogens is 1. The van der Waals surface area contributed by atoms with E-state index in [0.717, 1.165) is 25.5 Å². The molecule has 70 valence electrons. The van der Waals surface area contributed by atoms with E-state index < -0.39 is 0 Å². The Balaban J connectivity index is 2.68. The average Bonchev–Trinajstić information content (AvgIpc) is 2.05. The average molecular weight is 235 g/mol. The van der Waals surface area contributed by atoms with Gasteiger partial charge in [-0.1, -0.05) is 22.9 Å². The maximum Gasteiger partial charge on any atom is 0.136 e.